The van der Waals surface area contributed by atoms with E-state index in [1.807, 2.05) is 0 Å². The lowest BCUT2D eigenvalue weighted by Gasteiger charge is -2.13. The van der Waals surface area contributed by atoms with Gasteiger partial charge in [-0.1, -0.05) is 0 Å². The highest BCUT2D eigenvalue weighted by molar-refractivity contribution is 7.92. The minimum absolute atomic E-state index is 0.123. The molecule has 0 spiro atoms. The van der Waals surface area contributed by atoms with Gasteiger partial charge in [-0.3, -0.25) is 4.55 Å². The molecule has 0 aromatic heterocycles. The fourth-order valence-corrected chi connectivity index (χ4v) is 3.48. The SMILES string of the molecule is COc1ccc(S(=O)(=O)C(C)OS(=O)(=O)O)cc1C. The summed E-state index contributed by atoms with van der Waals surface area (Å²) in [6, 6.07) is 4.05. The van der Waals surface area contributed by atoms with Gasteiger partial charge in [0.05, 0.1) is 12.0 Å². The molecule has 1 N–H and O–H groups in total. The van der Waals surface area contributed by atoms with E-state index in [0.717, 1.165) is 6.92 Å². The van der Waals surface area contributed by atoms with E-state index >= 15 is 0 Å². The van der Waals surface area contributed by atoms with Crippen LogP contribution >= 0.6 is 0 Å². The van der Waals surface area contributed by atoms with Crippen LogP contribution in [0.15, 0.2) is 23.1 Å². The summed E-state index contributed by atoms with van der Waals surface area (Å²) in [4.78, 5) is -0.123. The highest BCUT2D eigenvalue weighted by Crippen LogP contribution is 2.24. The number of benzene rings is 1. The van der Waals surface area contributed by atoms with Crippen LogP contribution in [0.2, 0.25) is 0 Å². The lowest BCUT2D eigenvalue weighted by molar-refractivity contribution is 0.251. The molecule has 1 aromatic rings. The number of hydrogen-bond donors (Lipinski definition) is 1. The quantitative estimate of drug-likeness (QED) is 0.806. The van der Waals surface area contributed by atoms with Gasteiger partial charge >= 0.3 is 10.4 Å². The largest absolute Gasteiger partial charge is 0.496 e. The summed E-state index contributed by atoms with van der Waals surface area (Å²) in [6.45, 7) is 2.66. The van der Waals surface area contributed by atoms with Crippen LogP contribution in [-0.2, 0) is 24.4 Å². The second kappa shape index (κ2) is 5.45. The van der Waals surface area contributed by atoms with Gasteiger partial charge in [0.2, 0.25) is 9.84 Å². The van der Waals surface area contributed by atoms with Crippen molar-refractivity contribution >= 4 is 20.2 Å². The van der Waals surface area contributed by atoms with Crippen molar-refractivity contribution in [3.63, 3.8) is 0 Å². The molecule has 0 aliphatic heterocycles. The summed E-state index contributed by atoms with van der Waals surface area (Å²) in [5.74, 6) is 0.502. The predicted octanol–water partition coefficient (Wildman–Crippen LogP) is 0.943. The molecule has 1 rings (SSSR count). The van der Waals surface area contributed by atoms with Gasteiger partial charge in [-0.15, -0.1) is 0 Å². The molecule has 0 saturated heterocycles. The Hall–Kier alpha value is -1.16. The molecule has 0 radical (unpaired) electrons. The van der Waals surface area contributed by atoms with E-state index in [0.29, 0.717) is 11.3 Å². The molecule has 108 valence electrons. The van der Waals surface area contributed by atoms with Gasteiger partial charge in [0.15, 0.2) is 5.44 Å². The molecule has 9 heteroatoms. The first-order valence-corrected chi connectivity index (χ1v) is 8.03. The lowest BCUT2D eigenvalue weighted by Crippen LogP contribution is -2.24. The molecule has 7 nitrogen and oxygen atoms in total. The van der Waals surface area contributed by atoms with Crippen LogP contribution in [0.1, 0.15) is 12.5 Å². The van der Waals surface area contributed by atoms with Crippen molar-refractivity contribution in [1.29, 1.82) is 0 Å². The summed E-state index contributed by atoms with van der Waals surface area (Å²) in [6.07, 6.45) is 0. The molecule has 0 amide bonds. The molecule has 1 aromatic carbocycles. The van der Waals surface area contributed by atoms with Gasteiger partial charge in [0, 0.05) is 0 Å². The van der Waals surface area contributed by atoms with Crippen molar-refractivity contribution < 1.29 is 30.3 Å². The van der Waals surface area contributed by atoms with Crippen molar-refractivity contribution in [3.8, 4) is 5.75 Å². The Morgan fingerprint density at radius 1 is 1.21 bits per heavy atom. The average molecular weight is 310 g/mol. The van der Waals surface area contributed by atoms with Crippen LogP contribution in [0.5, 0.6) is 5.75 Å². The number of sulfone groups is 1. The number of rotatable bonds is 5. The number of hydrogen-bond acceptors (Lipinski definition) is 6. The highest BCUT2D eigenvalue weighted by Gasteiger charge is 2.28. The zero-order valence-electron chi connectivity index (χ0n) is 10.5. The van der Waals surface area contributed by atoms with Crippen molar-refractivity contribution in [2.75, 3.05) is 7.11 Å². The van der Waals surface area contributed by atoms with Crippen LogP contribution in [0, 0.1) is 6.92 Å². The Balaban J connectivity index is 3.17. The smallest absolute Gasteiger partial charge is 0.398 e. The first-order valence-electron chi connectivity index (χ1n) is 5.12. The Morgan fingerprint density at radius 2 is 1.79 bits per heavy atom. The Morgan fingerprint density at radius 3 is 2.21 bits per heavy atom. The zero-order chi connectivity index (χ0) is 14.8. The van der Waals surface area contributed by atoms with Gasteiger partial charge in [0.1, 0.15) is 5.75 Å². The fraction of sp³-hybridized carbons (Fsp3) is 0.400. The summed E-state index contributed by atoms with van der Waals surface area (Å²) < 4.78 is 62.7. The van der Waals surface area contributed by atoms with Crippen molar-refractivity contribution in [2.24, 2.45) is 0 Å². The van der Waals surface area contributed by atoms with Gasteiger partial charge < -0.3 is 4.74 Å². The van der Waals surface area contributed by atoms with Crippen LogP contribution in [0.3, 0.4) is 0 Å². The van der Waals surface area contributed by atoms with Gasteiger partial charge in [-0.05, 0) is 37.6 Å². The van der Waals surface area contributed by atoms with E-state index in [1.54, 1.807) is 6.92 Å². The second-order valence-corrected chi connectivity index (χ2v) is 7.04. The van der Waals surface area contributed by atoms with E-state index in [-0.39, 0.29) is 4.90 Å². The Bertz CT molecular complexity index is 661. The van der Waals surface area contributed by atoms with Crippen LogP contribution in [0.25, 0.3) is 0 Å². The molecular weight excluding hydrogens is 296 g/mol. The number of methoxy groups -OCH3 is 1. The normalized spacial score (nSPS) is 14.1. The van der Waals surface area contributed by atoms with Crippen LogP contribution < -0.4 is 4.74 Å². The van der Waals surface area contributed by atoms with E-state index < -0.39 is 25.7 Å². The number of ether oxygens (including phenoxy) is 1. The van der Waals surface area contributed by atoms with Crippen molar-refractivity contribution in [1.82, 2.24) is 0 Å². The molecule has 0 bridgehead atoms. The van der Waals surface area contributed by atoms with E-state index in [1.165, 1.54) is 25.3 Å². The van der Waals surface area contributed by atoms with E-state index in [4.69, 9.17) is 9.29 Å². The average Bonchev–Trinajstić information content (AvgIpc) is 2.26. The molecule has 0 heterocycles. The van der Waals surface area contributed by atoms with E-state index in [9.17, 15) is 16.8 Å². The second-order valence-electron chi connectivity index (χ2n) is 3.77. The molecular formula is C10H14O7S2. The fourth-order valence-electron chi connectivity index (χ4n) is 1.44. The summed E-state index contributed by atoms with van der Waals surface area (Å²) in [5.41, 5.74) is -1.15. The van der Waals surface area contributed by atoms with Crippen LogP contribution in [0.4, 0.5) is 0 Å². The summed E-state index contributed by atoms with van der Waals surface area (Å²) >= 11 is 0. The molecule has 19 heavy (non-hydrogen) atoms. The maximum absolute atomic E-state index is 12.0. The van der Waals surface area contributed by atoms with Crippen LogP contribution in [-0.4, -0.2) is 33.9 Å². The summed E-state index contributed by atoms with van der Waals surface area (Å²) in [5, 5.41) is 0. The third-order valence-electron chi connectivity index (χ3n) is 2.39. The van der Waals surface area contributed by atoms with Gasteiger partial charge in [0.25, 0.3) is 0 Å². The Kier molecular flexibility index (Phi) is 4.56. The first kappa shape index (κ1) is 15.9. The predicted molar refractivity (Wildman–Crippen MR) is 67.0 cm³/mol. The minimum atomic E-state index is -4.84. The number of aryl methyl sites for hydroxylation is 1. The molecule has 0 aliphatic rings. The van der Waals surface area contributed by atoms with Gasteiger partial charge in [-0.2, -0.15) is 8.42 Å². The molecule has 1 unspecified atom stereocenters. The zero-order valence-corrected chi connectivity index (χ0v) is 12.2. The third-order valence-corrected chi connectivity index (χ3v) is 4.92. The Labute approximate surface area is 112 Å². The molecule has 0 aliphatic carbocycles. The van der Waals surface area contributed by atoms with E-state index in [2.05, 4.69) is 4.18 Å². The third kappa shape index (κ3) is 3.90. The minimum Gasteiger partial charge on any atom is -0.496 e. The molecule has 1 atom stereocenters. The maximum atomic E-state index is 12.0. The summed E-state index contributed by atoms with van der Waals surface area (Å²) in [7, 11) is -7.43. The van der Waals surface area contributed by atoms with Crippen molar-refractivity contribution in [2.45, 2.75) is 24.2 Å². The molecule has 0 saturated carbocycles. The standard InChI is InChI=1S/C10H14O7S2/c1-7-6-9(4-5-10(7)16-3)18(11,12)8(2)17-19(13,14)15/h4-6,8H,1-3H3,(H,13,14,15). The highest BCUT2D eigenvalue weighted by atomic mass is 32.3. The maximum Gasteiger partial charge on any atom is 0.398 e. The van der Waals surface area contributed by atoms with Crippen molar-refractivity contribution in [3.05, 3.63) is 23.8 Å². The topological polar surface area (TPSA) is 107 Å². The first-order chi connectivity index (χ1) is 8.58. The monoisotopic (exact) mass is 310 g/mol. The van der Waals surface area contributed by atoms with Gasteiger partial charge in [-0.25, -0.2) is 12.6 Å². The molecule has 0 fully saturated rings. The lowest BCUT2D eigenvalue weighted by atomic mass is 10.2.